The summed E-state index contributed by atoms with van der Waals surface area (Å²) in [4.78, 5) is 24.9. The number of benzene rings is 3. The van der Waals surface area contributed by atoms with Crippen LogP contribution in [0.4, 0.5) is 0 Å². The van der Waals surface area contributed by atoms with Gasteiger partial charge < -0.3 is 19.7 Å². The van der Waals surface area contributed by atoms with E-state index in [-0.39, 0.29) is 22.6 Å². The number of ether oxygens (including phenoxy) is 2. The summed E-state index contributed by atoms with van der Waals surface area (Å²) >= 11 is 0. The summed E-state index contributed by atoms with van der Waals surface area (Å²) < 4.78 is 11.0. The molecule has 0 unspecified atom stereocenters. The minimum atomic E-state index is -0.798. The maximum atomic E-state index is 12.4. The molecule has 0 atom stereocenters. The van der Waals surface area contributed by atoms with Crippen molar-refractivity contribution in [1.82, 2.24) is 0 Å². The molecule has 1 aliphatic carbocycles. The maximum Gasteiger partial charge on any atom is 0.341 e. The molecule has 6 nitrogen and oxygen atoms in total. The van der Waals surface area contributed by atoms with Gasteiger partial charge in [-0.3, -0.25) is 0 Å². The lowest BCUT2D eigenvalue weighted by Gasteiger charge is -2.29. The molecule has 0 bridgehead atoms. The van der Waals surface area contributed by atoms with Crippen LogP contribution in [0.1, 0.15) is 69.8 Å². The smallest absolute Gasteiger partial charge is 0.341 e. The van der Waals surface area contributed by atoms with Gasteiger partial charge >= 0.3 is 11.9 Å². The van der Waals surface area contributed by atoms with E-state index in [1.165, 1.54) is 56.9 Å². The Morgan fingerprint density at radius 1 is 0.721 bits per heavy atom. The molecule has 0 amide bonds. The number of aliphatic hydroxyl groups is 2. The van der Waals surface area contributed by atoms with E-state index in [1.54, 1.807) is 18.2 Å². The van der Waals surface area contributed by atoms with Crippen LogP contribution >= 0.6 is 0 Å². The van der Waals surface area contributed by atoms with Gasteiger partial charge in [-0.1, -0.05) is 100 Å². The number of aliphatic hydroxyl groups excluding tert-OH is 2. The van der Waals surface area contributed by atoms with E-state index < -0.39 is 25.2 Å². The van der Waals surface area contributed by atoms with Crippen molar-refractivity contribution in [3.63, 3.8) is 0 Å². The highest BCUT2D eigenvalue weighted by Crippen LogP contribution is 2.41. The molecule has 0 heterocycles. The van der Waals surface area contributed by atoms with E-state index in [0.29, 0.717) is 17.0 Å². The molecule has 2 N–H and O–H groups in total. The molecular formula is C37H42O6. The maximum absolute atomic E-state index is 12.4. The molecule has 1 aliphatic rings. The first-order valence-corrected chi connectivity index (χ1v) is 15.2. The van der Waals surface area contributed by atoms with Crippen LogP contribution in [-0.2, 0) is 9.59 Å². The molecule has 3 aromatic carbocycles. The standard InChI is InChI=1S/C37H42O6/c1-4-5-6-8-27-11-13-28(14-12-27)29-15-17-30(18-16-29)31-19-21-32(22-20-31)35-33(42-36(40)25(2)23-38)9-7-10-34(35)43-37(41)26(3)24-39/h7,9-10,15-22,27-28,38-39H,2-6,8,11-14,23-24H2,1H3. The third-order valence-corrected chi connectivity index (χ3v) is 8.30. The van der Waals surface area contributed by atoms with Crippen molar-refractivity contribution >= 4 is 11.9 Å². The quantitative estimate of drug-likeness (QED) is 0.0925. The van der Waals surface area contributed by atoms with Gasteiger partial charge in [0.05, 0.1) is 29.9 Å². The van der Waals surface area contributed by atoms with Gasteiger partial charge in [-0.05, 0) is 71.9 Å². The van der Waals surface area contributed by atoms with Crippen LogP contribution < -0.4 is 9.47 Å². The van der Waals surface area contributed by atoms with Crippen LogP contribution in [0.25, 0.3) is 22.3 Å². The Hall–Kier alpha value is -4.00. The van der Waals surface area contributed by atoms with Gasteiger partial charge in [-0.2, -0.15) is 0 Å². The zero-order chi connectivity index (χ0) is 30.8. The monoisotopic (exact) mass is 582 g/mol. The normalized spacial score (nSPS) is 16.3. The second-order valence-electron chi connectivity index (χ2n) is 11.3. The van der Waals surface area contributed by atoms with Gasteiger partial charge in [0.1, 0.15) is 11.5 Å². The molecule has 226 valence electrons. The van der Waals surface area contributed by atoms with Crippen molar-refractivity contribution in [3.8, 4) is 33.8 Å². The zero-order valence-corrected chi connectivity index (χ0v) is 25.0. The summed E-state index contributed by atoms with van der Waals surface area (Å²) in [5.74, 6) is 0.194. The lowest BCUT2D eigenvalue weighted by molar-refractivity contribution is -0.131. The SMILES string of the molecule is C=C(CO)C(=O)Oc1cccc(OC(=O)C(=C)CO)c1-c1ccc(-c2ccc(C3CCC(CCCCC)CC3)cc2)cc1. The topological polar surface area (TPSA) is 93.1 Å². The third kappa shape index (κ3) is 8.31. The van der Waals surface area contributed by atoms with Gasteiger partial charge in [0.25, 0.3) is 0 Å². The Kier molecular flexibility index (Phi) is 11.5. The van der Waals surface area contributed by atoms with Gasteiger partial charge in [-0.15, -0.1) is 0 Å². The third-order valence-electron chi connectivity index (χ3n) is 8.30. The predicted octanol–water partition coefficient (Wildman–Crippen LogP) is 7.78. The number of esters is 2. The van der Waals surface area contributed by atoms with Crippen LogP contribution in [0.3, 0.4) is 0 Å². The Bertz CT molecular complexity index is 1360. The largest absolute Gasteiger partial charge is 0.422 e. The van der Waals surface area contributed by atoms with Crippen LogP contribution in [0.2, 0.25) is 0 Å². The molecule has 0 radical (unpaired) electrons. The molecular weight excluding hydrogens is 540 g/mol. The van der Waals surface area contributed by atoms with Crippen LogP contribution in [0, 0.1) is 5.92 Å². The Balaban J connectivity index is 1.53. The van der Waals surface area contributed by atoms with Crippen molar-refractivity contribution < 1.29 is 29.3 Å². The number of hydrogen-bond acceptors (Lipinski definition) is 6. The highest BCUT2D eigenvalue weighted by Gasteiger charge is 2.23. The molecule has 1 saturated carbocycles. The van der Waals surface area contributed by atoms with E-state index in [2.05, 4.69) is 44.3 Å². The molecule has 4 rings (SSSR count). The highest BCUT2D eigenvalue weighted by molar-refractivity contribution is 5.94. The number of unbranched alkanes of at least 4 members (excludes halogenated alkanes) is 2. The first-order valence-electron chi connectivity index (χ1n) is 15.2. The molecule has 3 aromatic rings. The van der Waals surface area contributed by atoms with Crippen LogP contribution in [0.15, 0.2) is 91.0 Å². The van der Waals surface area contributed by atoms with Gasteiger partial charge in [-0.25, -0.2) is 9.59 Å². The van der Waals surface area contributed by atoms with E-state index in [1.807, 2.05) is 24.3 Å². The summed E-state index contributed by atoms with van der Waals surface area (Å²) in [6.45, 7) is 8.22. The second kappa shape index (κ2) is 15.5. The molecule has 0 aliphatic heterocycles. The average molecular weight is 583 g/mol. The summed E-state index contributed by atoms with van der Waals surface area (Å²) in [6, 6.07) is 21.2. The first kappa shape index (κ1) is 31.9. The Labute approximate surface area is 254 Å². The van der Waals surface area contributed by atoms with E-state index in [0.717, 1.165) is 17.0 Å². The Morgan fingerprint density at radius 2 is 1.21 bits per heavy atom. The lowest BCUT2D eigenvalue weighted by atomic mass is 9.77. The minimum absolute atomic E-state index is 0.110. The number of carbonyl (C=O) groups excluding carboxylic acids is 2. The van der Waals surface area contributed by atoms with Gasteiger partial charge in [0.15, 0.2) is 0 Å². The molecule has 43 heavy (non-hydrogen) atoms. The predicted molar refractivity (Wildman–Crippen MR) is 170 cm³/mol. The van der Waals surface area contributed by atoms with Crippen molar-refractivity contribution in [2.24, 2.45) is 5.92 Å². The second-order valence-corrected chi connectivity index (χ2v) is 11.3. The molecule has 1 fully saturated rings. The van der Waals surface area contributed by atoms with Crippen molar-refractivity contribution in [1.29, 1.82) is 0 Å². The average Bonchev–Trinajstić information content (AvgIpc) is 3.04. The number of carbonyl (C=O) groups is 2. The van der Waals surface area contributed by atoms with Crippen LogP contribution in [0.5, 0.6) is 11.5 Å². The van der Waals surface area contributed by atoms with Crippen molar-refractivity contribution in [2.45, 2.75) is 64.2 Å². The summed E-state index contributed by atoms with van der Waals surface area (Å²) in [5, 5.41) is 18.6. The fourth-order valence-electron chi connectivity index (χ4n) is 5.68. The first-order chi connectivity index (χ1) is 20.8. The van der Waals surface area contributed by atoms with Crippen LogP contribution in [-0.4, -0.2) is 35.4 Å². The number of hydrogen-bond donors (Lipinski definition) is 2. The fourth-order valence-corrected chi connectivity index (χ4v) is 5.68. The van der Waals surface area contributed by atoms with E-state index >= 15 is 0 Å². The minimum Gasteiger partial charge on any atom is -0.422 e. The summed E-state index contributed by atoms with van der Waals surface area (Å²) in [5.41, 5.74) is 4.31. The van der Waals surface area contributed by atoms with Crippen molar-refractivity contribution in [3.05, 3.63) is 96.6 Å². The fraction of sp³-hybridized carbons (Fsp3) is 0.351. The molecule has 0 spiro atoms. The van der Waals surface area contributed by atoms with E-state index in [4.69, 9.17) is 9.47 Å². The van der Waals surface area contributed by atoms with Crippen molar-refractivity contribution in [2.75, 3.05) is 13.2 Å². The molecule has 6 heteroatoms. The number of rotatable bonds is 13. The molecule has 0 aromatic heterocycles. The van der Waals surface area contributed by atoms with Gasteiger partial charge in [0.2, 0.25) is 0 Å². The summed E-state index contributed by atoms with van der Waals surface area (Å²) in [6.07, 6.45) is 10.6. The lowest BCUT2D eigenvalue weighted by Crippen LogP contribution is -2.15. The van der Waals surface area contributed by atoms with E-state index in [9.17, 15) is 19.8 Å². The summed E-state index contributed by atoms with van der Waals surface area (Å²) in [7, 11) is 0. The zero-order valence-electron chi connectivity index (χ0n) is 25.0. The highest BCUT2D eigenvalue weighted by atomic mass is 16.5. The Morgan fingerprint density at radius 3 is 1.70 bits per heavy atom. The molecule has 0 saturated heterocycles. The van der Waals surface area contributed by atoms with Gasteiger partial charge in [0, 0.05) is 0 Å².